The van der Waals surface area contributed by atoms with Gasteiger partial charge in [-0.25, -0.2) is 0 Å². The quantitative estimate of drug-likeness (QED) is 0.764. The highest BCUT2D eigenvalue weighted by Crippen LogP contribution is 2.30. The van der Waals surface area contributed by atoms with E-state index in [1.807, 2.05) is 0 Å². The summed E-state index contributed by atoms with van der Waals surface area (Å²) in [4.78, 5) is 1.39. The first kappa shape index (κ1) is 9.19. The number of aliphatic hydroxyl groups excluding tert-OH is 1. The lowest BCUT2D eigenvalue weighted by Gasteiger charge is -2.24. The largest absolute Gasteiger partial charge is 0.396 e. The molecule has 1 aliphatic heterocycles. The molecule has 0 saturated carbocycles. The molecule has 13 heavy (non-hydrogen) atoms. The molecule has 0 radical (unpaired) electrons. The molecular weight excluding hydrogens is 182 g/mol. The van der Waals surface area contributed by atoms with Gasteiger partial charge in [-0.3, -0.25) is 0 Å². The first-order valence-electron chi connectivity index (χ1n) is 4.69. The minimum atomic E-state index is 0.116. The van der Waals surface area contributed by atoms with Crippen molar-refractivity contribution in [1.29, 1.82) is 0 Å². The van der Waals surface area contributed by atoms with Gasteiger partial charge in [0.1, 0.15) is 0 Å². The van der Waals surface area contributed by atoms with Crippen LogP contribution in [-0.2, 0) is 6.42 Å². The SMILES string of the molecule is OCC1(Cc2cccs2)CCNC1. The van der Waals surface area contributed by atoms with Crippen LogP contribution in [0.4, 0.5) is 0 Å². The van der Waals surface area contributed by atoms with E-state index >= 15 is 0 Å². The molecule has 0 spiro atoms. The van der Waals surface area contributed by atoms with Crippen LogP contribution in [0, 0.1) is 5.41 Å². The molecule has 3 heteroatoms. The molecule has 1 aromatic heterocycles. The molecule has 2 N–H and O–H groups in total. The monoisotopic (exact) mass is 197 g/mol. The average molecular weight is 197 g/mol. The van der Waals surface area contributed by atoms with Crippen LogP contribution in [0.15, 0.2) is 17.5 Å². The van der Waals surface area contributed by atoms with Gasteiger partial charge in [0, 0.05) is 16.8 Å². The topological polar surface area (TPSA) is 32.3 Å². The van der Waals surface area contributed by atoms with Crippen molar-refractivity contribution in [3.05, 3.63) is 22.4 Å². The van der Waals surface area contributed by atoms with Crippen molar-refractivity contribution in [1.82, 2.24) is 5.32 Å². The maximum Gasteiger partial charge on any atom is 0.0503 e. The van der Waals surface area contributed by atoms with E-state index in [0.29, 0.717) is 6.61 Å². The molecule has 1 atom stereocenters. The summed E-state index contributed by atoms with van der Waals surface area (Å²) in [5.41, 5.74) is 0.116. The lowest BCUT2D eigenvalue weighted by molar-refractivity contribution is 0.143. The molecule has 1 unspecified atom stereocenters. The lowest BCUT2D eigenvalue weighted by Crippen LogP contribution is -2.30. The average Bonchev–Trinajstić information content (AvgIpc) is 2.77. The lowest BCUT2D eigenvalue weighted by atomic mass is 9.84. The minimum absolute atomic E-state index is 0.116. The van der Waals surface area contributed by atoms with E-state index < -0.39 is 0 Å². The van der Waals surface area contributed by atoms with Crippen LogP contribution in [0.1, 0.15) is 11.3 Å². The molecule has 1 saturated heterocycles. The van der Waals surface area contributed by atoms with Crippen molar-refractivity contribution in [3.8, 4) is 0 Å². The van der Waals surface area contributed by atoms with E-state index in [2.05, 4.69) is 22.8 Å². The van der Waals surface area contributed by atoms with Gasteiger partial charge < -0.3 is 10.4 Å². The van der Waals surface area contributed by atoms with Crippen molar-refractivity contribution < 1.29 is 5.11 Å². The minimum Gasteiger partial charge on any atom is -0.396 e. The van der Waals surface area contributed by atoms with Gasteiger partial charge in [0.2, 0.25) is 0 Å². The summed E-state index contributed by atoms with van der Waals surface area (Å²) >= 11 is 1.78. The normalized spacial score (nSPS) is 28.1. The van der Waals surface area contributed by atoms with Crippen LogP contribution in [0.2, 0.25) is 0 Å². The molecule has 0 aromatic carbocycles. The highest BCUT2D eigenvalue weighted by atomic mass is 32.1. The summed E-state index contributed by atoms with van der Waals surface area (Å²) in [6, 6.07) is 4.23. The van der Waals surface area contributed by atoms with Crippen LogP contribution in [-0.4, -0.2) is 24.8 Å². The predicted molar refractivity (Wildman–Crippen MR) is 55.0 cm³/mol. The fraction of sp³-hybridized carbons (Fsp3) is 0.600. The predicted octanol–water partition coefficient (Wildman–Crippen LogP) is 1.26. The Labute approximate surface area is 82.6 Å². The Bertz CT molecular complexity index is 252. The Morgan fingerprint density at radius 1 is 1.62 bits per heavy atom. The summed E-state index contributed by atoms with van der Waals surface area (Å²) in [6.45, 7) is 2.31. The van der Waals surface area contributed by atoms with Crippen molar-refractivity contribution in [3.63, 3.8) is 0 Å². The van der Waals surface area contributed by atoms with E-state index in [1.165, 1.54) is 4.88 Å². The molecule has 1 aromatic rings. The molecular formula is C10H15NOS. The van der Waals surface area contributed by atoms with Gasteiger partial charge in [-0.15, -0.1) is 11.3 Å². The maximum absolute atomic E-state index is 9.38. The molecule has 0 amide bonds. The summed E-state index contributed by atoms with van der Waals surface area (Å²) in [5, 5.41) is 14.8. The van der Waals surface area contributed by atoms with E-state index in [9.17, 15) is 5.11 Å². The Kier molecular flexibility index (Phi) is 2.67. The fourth-order valence-corrected chi connectivity index (χ4v) is 2.80. The van der Waals surface area contributed by atoms with Crippen molar-refractivity contribution in [2.24, 2.45) is 5.41 Å². The number of nitrogens with one attached hydrogen (secondary N) is 1. The summed E-state index contributed by atoms with van der Waals surface area (Å²) in [6.07, 6.45) is 2.12. The molecule has 0 aliphatic carbocycles. The number of hydrogen-bond donors (Lipinski definition) is 2. The number of thiophene rings is 1. The van der Waals surface area contributed by atoms with E-state index in [4.69, 9.17) is 0 Å². The van der Waals surface area contributed by atoms with Gasteiger partial charge >= 0.3 is 0 Å². The van der Waals surface area contributed by atoms with Crippen molar-refractivity contribution in [2.45, 2.75) is 12.8 Å². The molecule has 1 aliphatic rings. The van der Waals surface area contributed by atoms with Gasteiger partial charge in [0.25, 0.3) is 0 Å². The van der Waals surface area contributed by atoms with E-state index in [0.717, 1.165) is 25.9 Å². The second kappa shape index (κ2) is 3.78. The van der Waals surface area contributed by atoms with Crippen molar-refractivity contribution >= 4 is 11.3 Å². The van der Waals surface area contributed by atoms with E-state index in [1.54, 1.807) is 11.3 Å². The number of rotatable bonds is 3. The van der Waals surface area contributed by atoms with E-state index in [-0.39, 0.29) is 5.41 Å². The third-order valence-corrected chi connectivity index (χ3v) is 3.67. The van der Waals surface area contributed by atoms with Crippen LogP contribution in [0.3, 0.4) is 0 Å². The third-order valence-electron chi connectivity index (χ3n) is 2.80. The summed E-state index contributed by atoms with van der Waals surface area (Å²) in [5.74, 6) is 0. The van der Waals surface area contributed by atoms with Crippen molar-refractivity contribution in [2.75, 3.05) is 19.7 Å². The zero-order valence-corrected chi connectivity index (χ0v) is 8.44. The highest BCUT2D eigenvalue weighted by Gasteiger charge is 2.33. The molecule has 2 nitrogen and oxygen atoms in total. The van der Waals surface area contributed by atoms with Gasteiger partial charge in [0.05, 0.1) is 6.61 Å². The number of hydrogen-bond acceptors (Lipinski definition) is 3. The van der Waals surface area contributed by atoms with Gasteiger partial charge in [0.15, 0.2) is 0 Å². The first-order valence-corrected chi connectivity index (χ1v) is 5.57. The Balaban J connectivity index is 2.06. The van der Waals surface area contributed by atoms with Crippen LogP contribution >= 0.6 is 11.3 Å². The molecule has 1 fully saturated rings. The summed E-state index contributed by atoms with van der Waals surface area (Å²) < 4.78 is 0. The van der Waals surface area contributed by atoms with Crippen LogP contribution < -0.4 is 5.32 Å². The zero-order valence-electron chi connectivity index (χ0n) is 7.62. The van der Waals surface area contributed by atoms with Gasteiger partial charge in [-0.1, -0.05) is 6.07 Å². The highest BCUT2D eigenvalue weighted by molar-refractivity contribution is 7.09. The second-order valence-corrected chi connectivity index (χ2v) is 4.87. The standard InChI is InChI=1S/C10H15NOS/c12-8-10(3-4-11-7-10)6-9-2-1-5-13-9/h1-2,5,11-12H,3-4,6-8H2. The Morgan fingerprint density at radius 3 is 3.08 bits per heavy atom. The fourth-order valence-electron chi connectivity index (χ4n) is 1.92. The van der Waals surface area contributed by atoms with Crippen LogP contribution in [0.25, 0.3) is 0 Å². The third kappa shape index (κ3) is 1.93. The Morgan fingerprint density at radius 2 is 2.54 bits per heavy atom. The molecule has 72 valence electrons. The van der Waals surface area contributed by atoms with Gasteiger partial charge in [-0.05, 0) is 30.8 Å². The Hall–Kier alpha value is -0.380. The molecule has 0 bridgehead atoms. The molecule has 2 heterocycles. The zero-order chi connectivity index (χ0) is 9.15. The first-order chi connectivity index (χ1) is 6.35. The second-order valence-electron chi connectivity index (χ2n) is 3.84. The number of aliphatic hydroxyl groups is 1. The van der Waals surface area contributed by atoms with Crippen LogP contribution in [0.5, 0.6) is 0 Å². The summed E-state index contributed by atoms with van der Waals surface area (Å²) in [7, 11) is 0. The molecule has 2 rings (SSSR count). The maximum atomic E-state index is 9.38. The van der Waals surface area contributed by atoms with Gasteiger partial charge in [-0.2, -0.15) is 0 Å². The smallest absolute Gasteiger partial charge is 0.0503 e.